The molecule has 0 bridgehead atoms. The van der Waals surface area contributed by atoms with Crippen LogP contribution in [0.15, 0.2) is 15.9 Å². The first-order chi connectivity index (χ1) is 8.24. The maximum absolute atomic E-state index is 5.06. The number of rotatable bonds is 7. The van der Waals surface area contributed by atoms with Crippen LogP contribution < -0.4 is 5.32 Å². The van der Waals surface area contributed by atoms with Crippen molar-refractivity contribution in [2.45, 2.75) is 25.7 Å². The van der Waals surface area contributed by atoms with Gasteiger partial charge in [0.15, 0.2) is 0 Å². The summed E-state index contributed by atoms with van der Waals surface area (Å²) >= 11 is 5.41. The number of ether oxygens (including phenoxy) is 1. The average molecular weight is 318 g/mol. The van der Waals surface area contributed by atoms with Crippen LogP contribution in [0.3, 0.4) is 0 Å². The fourth-order valence-electron chi connectivity index (χ4n) is 2.44. The van der Waals surface area contributed by atoms with E-state index in [2.05, 4.69) is 33.4 Å². The molecule has 1 heterocycles. The second kappa shape index (κ2) is 6.32. The molecule has 1 fully saturated rings. The predicted octanol–water partition coefficient (Wildman–Crippen LogP) is 3.46. The molecule has 2 rings (SSSR count). The van der Waals surface area contributed by atoms with Crippen molar-refractivity contribution in [2.75, 3.05) is 26.8 Å². The second-order valence-corrected chi connectivity index (χ2v) is 7.45. The van der Waals surface area contributed by atoms with Crippen molar-refractivity contribution in [2.24, 2.45) is 5.41 Å². The molecule has 1 aromatic rings. The molecular formula is C13H20BrNOS. The maximum atomic E-state index is 5.06. The molecule has 0 amide bonds. The van der Waals surface area contributed by atoms with Gasteiger partial charge >= 0.3 is 0 Å². The maximum Gasteiger partial charge on any atom is 0.0701 e. The van der Waals surface area contributed by atoms with Crippen LogP contribution in [0.2, 0.25) is 0 Å². The van der Waals surface area contributed by atoms with Gasteiger partial charge in [0.25, 0.3) is 0 Å². The van der Waals surface area contributed by atoms with Crippen LogP contribution in [0.4, 0.5) is 0 Å². The first kappa shape index (κ1) is 13.5. The summed E-state index contributed by atoms with van der Waals surface area (Å²) in [4.78, 5) is 1.50. The van der Waals surface area contributed by atoms with Crippen molar-refractivity contribution in [3.63, 3.8) is 0 Å². The highest BCUT2D eigenvalue weighted by atomic mass is 79.9. The highest BCUT2D eigenvalue weighted by Crippen LogP contribution is 2.44. The van der Waals surface area contributed by atoms with Gasteiger partial charge in [-0.1, -0.05) is 6.42 Å². The minimum Gasteiger partial charge on any atom is -0.383 e. The molecule has 0 saturated heterocycles. The summed E-state index contributed by atoms with van der Waals surface area (Å²) in [6.07, 6.45) is 5.34. The number of thiophene rings is 1. The average Bonchev–Trinajstić information content (AvgIpc) is 2.66. The Morgan fingerprint density at radius 2 is 2.29 bits per heavy atom. The highest BCUT2D eigenvalue weighted by Gasteiger charge is 2.36. The third kappa shape index (κ3) is 3.78. The van der Waals surface area contributed by atoms with Gasteiger partial charge in [-0.15, -0.1) is 11.3 Å². The lowest BCUT2D eigenvalue weighted by atomic mass is 9.66. The Kier molecular flexibility index (Phi) is 5.03. The number of halogens is 1. The fourth-order valence-corrected chi connectivity index (χ4v) is 4.09. The van der Waals surface area contributed by atoms with Crippen LogP contribution in [-0.2, 0) is 11.2 Å². The van der Waals surface area contributed by atoms with E-state index in [1.807, 2.05) is 11.3 Å². The summed E-state index contributed by atoms with van der Waals surface area (Å²) in [5.41, 5.74) is 0.512. The second-order valence-electron chi connectivity index (χ2n) is 4.91. The van der Waals surface area contributed by atoms with Gasteiger partial charge in [0.1, 0.15) is 0 Å². The van der Waals surface area contributed by atoms with Crippen molar-refractivity contribution in [1.82, 2.24) is 5.32 Å². The Labute approximate surface area is 116 Å². The zero-order valence-electron chi connectivity index (χ0n) is 10.3. The molecule has 2 nitrogen and oxygen atoms in total. The summed E-state index contributed by atoms with van der Waals surface area (Å²) in [5.74, 6) is 0. The van der Waals surface area contributed by atoms with Gasteiger partial charge in [0.2, 0.25) is 0 Å². The molecule has 1 aromatic heterocycles. The van der Waals surface area contributed by atoms with Crippen LogP contribution in [0.1, 0.15) is 24.1 Å². The Hall–Kier alpha value is 0.1000. The Bertz CT molecular complexity index is 349. The molecule has 0 unspecified atom stereocenters. The minimum atomic E-state index is 0.512. The molecular weight excluding hydrogens is 298 g/mol. The van der Waals surface area contributed by atoms with Crippen molar-refractivity contribution >= 4 is 27.3 Å². The molecule has 4 heteroatoms. The van der Waals surface area contributed by atoms with Crippen molar-refractivity contribution in [3.05, 3.63) is 20.8 Å². The largest absolute Gasteiger partial charge is 0.383 e. The molecule has 1 aliphatic carbocycles. The topological polar surface area (TPSA) is 21.3 Å². The lowest BCUT2D eigenvalue weighted by Crippen LogP contribution is -2.42. The van der Waals surface area contributed by atoms with Gasteiger partial charge in [-0.2, -0.15) is 0 Å². The third-order valence-electron chi connectivity index (χ3n) is 3.58. The van der Waals surface area contributed by atoms with E-state index >= 15 is 0 Å². The smallest absolute Gasteiger partial charge is 0.0701 e. The fraction of sp³-hybridized carbons (Fsp3) is 0.692. The van der Waals surface area contributed by atoms with Crippen molar-refractivity contribution in [3.8, 4) is 0 Å². The molecule has 17 heavy (non-hydrogen) atoms. The Morgan fingerprint density at radius 1 is 1.47 bits per heavy atom. The lowest BCUT2D eigenvalue weighted by molar-refractivity contribution is 0.124. The van der Waals surface area contributed by atoms with Crippen molar-refractivity contribution < 1.29 is 4.74 Å². The zero-order chi connectivity index (χ0) is 12.1. The monoisotopic (exact) mass is 317 g/mol. The number of hydrogen-bond donors (Lipinski definition) is 1. The van der Waals surface area contributed by atoms with E-state index in [0.29, 0.717) is 5.41 Å². The molecule has 0 atom stereocenters. The van der Waals surface area contributed by atoms with Gasteiger partial charge in [0, 0.05) is 25.1 Å². The van der Waals surface area contributed by atoms with E-state index in [-0.39, 0.29) is 0 Å². The normalized spacial score (nSPS) is 18.0. The van der Waals surface area contributed by atoms with Crippen molar-refractivity contribution in [1.29, 1.82) is 0 Å². The van der Waals surface area contributed by atoms with E-state index in [9.17, 15) is 0 Å². The molecule has 0 spiro atoms. The van der Waals surface area contributed by atoms with E-state index in [4.69, 9.17) is 4.74 Å². The van der Waals surface area contributed by atoms with Crippen LogP contribution in [0.5, 0.6) is 0 Å². The van der Waals surface area contributed by atoms with Crippen LogP contribution in [0.25, 0.3) is 0 Å². The van der Waals surface area contributed by atoms with Gasteiger partial charge in [-0.05, 0) is 52.7 Å². The summed E-state index contributed by atoms with van der Waals surface area (Å²) in [7, 11) is 1.75. The number of nitrogens with one attached hydrogen (secondary N) is 1. The van der Waals surface area contributed by atoms with Gasteiger partial charge in [0.05, 0.1) is 10.4 Å². The Balaban J connectivity index is 1.82. The Morgan fingerprint density at radius 3 is 2.82 bits per heavy atom. The third-order valence-corrected chi connectivity index (χ3v) is 5.20. The highest BCUT2D eigenvalue weighted by molar-refractivity contribution is 9.11. The van der Waals surface area contributed by atoms with E-state index in [1.54, 1.807) is 7.11 Å². The first-order valence-corrected chi connectivity index (χ1v) is 7.79. The molecule has 0 aliphatic heterocycles. The molecule has 1 aliphatic rings. The predicted molar refractivity (Wildman–Crippen MR) is 76.8 cm³/mol. The van der Waals surface area contributed by atoms with E-state index in [0.717, 1.165) is 19.7 Å². The van der Waals surface area contributed by atoms with Gasteiger partial charge < -0.3 is 10.1 Å². The van der Waals surface area contributed by atoms with E-state index < -0.39 is 0 Å². The number of hydrogen-bond acceptors (Lipinski definition) is 3. The molecule has 0 radical (unpaired) electrons. The molecule has 0 aromatic carbocycles. The summed E-state index contributed by atoms with van der Waals surface area (Å²) in [5, 5.41) is 3.52. The minimum absolute atomic E-state index is 0.512. The van der Waals surface area contributed by atoms with Gasteiger partial charge in [-0.25, -0.2) is 0 Å². The molecule has 96 valence electrons. The SMILES string of the molecule is COCCNCC1(Cc2ccc(Br)s2)CCC1. The number of methoxy groups -OCH3 is 1. The molecule has 1 N–H and O–H groups in total. The first-order valence-electron chi connectivity index (χ1n) is 6.18. The van der Waals surface area contributed by atoms with Crippen LogP contribution in [-0.4, -0.2) is 26.8 Å². The zero-order valence-corrected chi connectivity index (χ0v) is 12.7. The summed E-state index contributed by atoms with van der Waals surface area (Å²) in [6.45, 7) is 2.90. The van der Waals surface area contributed by atoms with E-state index in [1.165, 1.54) is 34.3 Å². The lowest BCUT2D eigenvalue weighted by Gasteiger charge is -2.42. The summed E-state index contributed by atoms with van der Waals surface area (Å²) in [6, 6.07) is 4.41. The van der Waals surface area contributed by atoms with Crippen LogP contribution >= 0.6 is 27.3 Å². The van der Waals surface area contributed by atoms with Crippen LogP contribution in [0, 0.1) is 5.41 Å². The molecule has 1 saturated carbocycles. The van der Waals surface area contributed by atoms with Gasteiger partial charge in [-0.3, -0.25) is 0 Å². The quantitative estimate of drug-likeness (QED) is 0.778. The summed E-state index contributed by atoms with van der Waals surface area (Å²) < 4.78 is 6.31. The standard InChI is InChI=1S/C13H20BrNOS/c1-16-8-7-15-10-13(5-2-6-13)9-11-3-4-12(14)17-11/h3-4,15H,2,5-10H2,1H3.